The zero-order valence-corrected chi connectivity index (χ0v) is 10.7. The second-order valence-corrected chi connectivity index (χ2v) is 4.33. The summed E-state index contributed by atoms with van der Waals surface area (Å²) in [5.74, 6) is -0.788. The van der Waals surface area contributed by atoms with Crippen LogP contribution in [-0.2, 0) is 4.74 Å². The fraction of sp³-hybridized carbons (Fsp3) is 0.167. The molecule has 2 rings (SSSR count). The highest BCUT2D eigenvalue weighted by molar-refractivity contribution is 9.10. The lowest BCUT2D eigenvalue weighted by atomic mass is 10.2. The minimum atomic E-state index is -0.616. The number of aromatic hydroxyl groups is 1. The molecule has 0 saturated heterocycles. The molecule has 1 aromatic heterocycles. The van der Waals surface area contributed by atoms with E-state index in [-0.39, 0.29) is 18.1 Å². The SMILES string of the molecule is CCOC(=O)c1nc2ccc(Br)cc2cc1O. The first-order chi connectivity index (χ1) is 8.11. The number of esters is 1. The Labute approximate surface area is 106 Å². The first-order valence-corrected chi connectivity index (χ1v) is 5.87. The number of pyridine rings is 1. The van der Waals surface area contributed by atoms with Crippen LogP contribution >= 0.6 is 15.9 Å². The van der Waals surface area contributed by atoms with Crippen LogP contribution in [0.15, 0.2) is 28.7 Å². The van der Waals surface area contributed by atoms with E-state index in [1.54, 1.807) is 13.0 Å². The molecular formula is C12H10BrNO3. The van der Waals surface area contributed by atoms with Gasteiger partial charge in [-0.15, -0.1) is 0 Å². The molecular weight excluding hydrogens is 286 g/mol. The van der Waals surface area contributed by atoms with E-state index in [4.69, 9.17) is 4.74 Å². The van der Waals surface area contributed by atoms with Gasteiger partial charge in [-0.25, -0.2) is 9.78 Å². The molecule has 0 amide bonds. The van der Waals surface area contributed by atoms with Crippen LogP contribution in [0.25, 0.3) is 10.9 Å². The number of rotatable bonds is 2. The normalized spacial score (nSPS) is 10.5. The molecule has 0 aliphatic rings. The summed E-state index contributed by atoms with van der Waals surface area (Å²) >= 11 is 3.33. The number of hydrogen-bond donors (Lipinski definition) is 1. The molecule has 5 heteroatoms. The maximum atomic E-state index is 11.5. The van der Waals surface area contributed by atoms with Crippen LogP contribution in [0.1, 0.15) is 17.4 Å². The summed E-state index contributed by atoms with van der Waals surface area (Å²) in [5, 5.41) is 10.5. The number of benzene rings is 1. The van der Waals surface area contributed by atoms with Crippen molar-refractivity contribution in [2.45, 2.75) is 6.92 Å². The third kappa shape index (κ3) is 2.39. The van der Waals surface area contributed by atoms with Crippen LogP contribution in [0.4, 0.5) is 0 Å². The number of carbonyl (C=O) groups is 1. The lowest BCUT2D eigenvalue weighted by Gasteiger charge is -2.05. The average Bonchev–Trinajstić information content (AvgIpc) is 2.28. The Morgan fingerprint density at radius 3 is 2.94 bits per heavy atom. The third-order valence-electron chi connectivity index (χ3n) is 2.23. The van der Waals surface area contributed by atoms with E-state index < -0.39 is 5.97 Å². The number of nitrogens with zero attached hydrogens (tertiary/aromatic N) is 1. The summed E-state index contributed by atoms with van der Waals surface area (Å²) in [6, 6.07) is 6.90. The van der Waals surface area contributed by atoms with Crippen LogP contribution in [0, 0.1) is 0 Å². The minimum Gasteiger partial charge on any atom is -0.505 e. The number of aromatic nitrogens is 1. The van der Waals surface area contributed by atoms with Gasteiger partial charge in [0.1, 0.15) is 5.75 Å². The van der Waals surface area contributed by atoms with Crippen molar-refractivity contribution in [2.24, 2.45) is 0 Å². The molecule has 0 bridgehead atoms. The van der Waals surface area contributed by atoms with E-state index in [9.17, 15) is 9.90 Å². The summed E-state index contributed by atoms with van der Waals surface area (Å²) in [6.45, 7) is 1.95. The molecule has 0 fully saturated rings. The van der Waals surface area contributed by atoms with Crippen molar-refractivity contribution in [2.75, 3.05) is 6.61 Å². The van der Waals surface area contributed by atoms with Crippen LogP contribution in [-0.4, -0.2) is 22.7 Å². The maximum Gasteiger partial charge on any atom is 0.360 e. The summed E-state index contributed by atoms with van der Waals surface area (Å²) in [6.07, 6.45) is 0. The largest absolute Gasteiger partial charge is 0.505 e. The molecule has 17 heavy (non-hydrogen) atoms. The summed E-state index contributed by atoms with van der Waals surface area (Å²) < 4.78 is 5.70. The fourth-order valence-electron chi connectivity index (χ4n) is 1.49. The summed E-state index contributed by atoms with van der Waals surface area (Å²) in [7, 11) is 0. The second-order valence-electron chi connectivity index (χ2n) is 3.41. The standard InChI is InChI=1S/C12H10BrNO3/c1-2-17-12(16)11-10(15)6-7-5-8(13)3-4-9(7)14-11/h3-6,15H,2H2,1H3. The van der Waals surface area contributed by atoms with Crippen LogP contribution in [0.2, 0.25) is 0 Å². The Balaban J connectivity index is 2.55. The van der Waals surface area contributed by atoms with Crippen LogP contribution in [0.5, 0.6) is 5.75 Å². The molecule has 0 radical (unpaired) electrons. The Morgan fingerprint density at radius 1 is 1.47 bits per heavy atom. The van der Waals surface area contributed by atoms with Gasteiger partial charge in [0.2, 0.25) is 0 Å². The van der Waals surface area contributed by atoms with Gasteiger partial charge in [-0.05, 0) is 31.2 Å². The first kappa shape index (κ1) is 11.9. The molecule has 88 valence electrons. The topological polar surface area (TPSA) is 59.4 Å². The van der Waals surface area contributed by atoms with E-state index in [1.807, 2.05) is 12.1 Å². The first-order valence-electron chi connectivity index (χ1n) is 5.08. The monoisotopic (exact) mass is 295 g/mol. The predicted molar refractivity (Wildman–Crippen MR) is 67.1 cm³/mol. The third-order valence-corrected chi connectivity index (χ3v) is 2.72. The number of hydrogen-bond acceptors (Lipinski definition) is 4. The highest BCUT2D eigenvalue weighted by atomic mass is 79.9. The average molecular weight is 296 g/mol. The molecule has 0 aliphatic carbocycles. The molecule has 4 nitrogen and oxygen atoms in total. The molecule has 1 heterocycles. The van der Waals surface area contributed by atoms with Gasteiger partial charge in [-0.3, -0.25) is 0 Å². The number of carbonyl (C=O) groups excluding carboxylic acids is 1. The molecule has 0 unspecified atom stereocenters. The van der Waals surface area contributed by atoms with E-state index >= 15 is 0 Å². The minimum absolute atomic E-state index is 0.0540. The van der Waals surface area contributed by atoms with Crippen LogP contribution in [0.3, 0.4) is 0 Å². The van der Waals surface area contributed by atoms with Gasteiger partial charge >= 0.3 is 5.97 Å². The Morgan fingerprint density at radius 2 is 2.24 bits per heavy atom. The van der Waals surface area contributed by atoms with Gasteiger partial charge in [0.15, 0.2) is 5.69 Å². The Hall–Kier alpha value is -1.62. The molecule has 1 aromatic carbocycles. The summed E-state index contributed by atoms with van der Waals surface area (Å²) in [5.41, 5.74) is 0.579. The molecule has 0 spiro atoms. The fourth-order valence-corrected chi connectivity index (χ4v) is 1.86. The van der Waals surface area contributed by atoms with E-state index in [1.165, 1.54) is 6.07 Å². The molecule has 0 atom stereocenters. The van der Waals surface area contributed by atoms with Gasteiger partial charge in [-0.2, -0.15) is 0 Å². The van der Waals surface area contributed by atoms with E-state index in [0.29, 0.717) is 5.52 Å². The van der Waals surface area contributed by atoms with E-state index in [2.05, 4.69) is 20.9 Å². The highest BCUT2D eigenvalue weighted by Gasteiger charge is 2.15. The van der Waals surface area contributed by atoms with Gasteiger partial charge in [-0.1, -0.05) is 15.9 Å². The maximum absolute atomic E-state index is 11.5. The van der Waals surface area contributed by atoms with Crippen molar-refractivity contribution in [3.8, 4) is 5.75 Å². The van der Waals surface area contributed by atoms with E-state index in [0.717, 1.165) is 9.86 Å². The zero-order valence-electron chi connectivity index (χ0n) is 9.11. The number of fused-ring (bicyclic) bond motifs is 1. The van der Waals surface area contributed by atoms with Crippen molar-refractivity contribution in [3.63, 3.8) is 0 Å². The van der Waals surface area contributed by atoms with Crippen molar-refractivity contribution < 1.29 is 14.6 Å². The Kier molecular flexibility index (Phi) is 3.28. The van der Waals surface area contributed by atoms with Crippen molar-refractivity contribution in [3.05, 3.63) is 34.4 Å². The van der Waals surface area contributed by atoms with Crippen LogP contribution < -0.4 is 0 Å². The van der Waals surface area contributed by atoms with Gasteiger partial charge < -0.3 is 9.84 Å². The lowest BCUT2D eigenvalue weighted by molar-refractivity contribution is 0.0516. The molecule has 0 aliphatic heterocycles. The van der Waals surface area contributed by atoms with Gasteiger partial charge in [0, 0.05) is 9.86 Å². The van der Waals surface area contributed by atoms with Gasteiger partial charge in [0.05, 0.1) is 12.1 Å². The van der Waals surface area contributed by atoms with Crippen molar-refractivity contribution in [1.29, 1.82) is 0 Å². The zero-order chi connectivity index (χ0) is 12.4. The quantitative estimate of drug-likeness (QED) is 0.866. The van der Waals surface area contributed by atoms with Crippen molar-refractivity contribution in [1.82, 2.24) is 4.98 Å². The predicted octanol–water partition coefficient (Wildman–Crippen LogP) is 2.88. The number of halogens is 1. The molecule has 2 aromatic rings. The highest BCUT2D eigenvalue weighted by Crippen LogP contribution is 2.25. The molecule has 0 saturated carbocycles. The van der Waals surface area contributed by atoms with Gasteiger partial charge in [0.25, 0.3) is 0 Å². The Bertz CT molecular complexity index is 583. The second kappa shape index (κ2) is 4.71. The molecule has 1 N–H and O–H groups in total. The van der Waals surface area contributed by atoms with Crippen molar-refractivity contribution >= 4 is 32.8 Å². The summed E-state index contributed by atoms with van der Waals surface area (Å²) in [4.78, 5) is 15.6. The smallest absolute Gasteiger partial charge is 0.360 e. The lowest BCUT2D eigenvalue weighted by Crippen LogP contribution is -2.07. The number of ether oxygens (including phenoxy) is 1.